The fourth-order valence-electron chi connectivity index (χ4n) is 2.28. The van der Waals surface area contributed by atoms with Crippen LogP contribution in [0.3, 0.4) is 0 Å². The van der Waals surface area contributed by atoms with Gasteiger partial charge in [-0.3, -0.25) is 9.59 Å². The molecule has 1 aromatic carbocycles. The second-order valence-electron chi connectivity index (χ2n) is 5.69. The van der Waals surface area contributed by atoms with Gasteiger partial charge >= 0.3 is 0 Å². The Balaban J connectivity index is 1.45. The molecule has 126 valence electrons. The highest BCUT2D eigenvalue weighted by Gasteiger charge is 2.25. The molecule has 1 fully saturated rings. The minimum Gasteiger partial charge on any atom is -0.484 e. The van der Waals surface area contributed by atoms with Crippen molar-refractivity contribution in [3.63, 3.8) is 0 Å². The predicted octanol–water partition coefficient (Wildman–Crippen LogP) is 1.97. The Labute approximate surface area is 144 Å². The largest absolute Gasteiger partial charge is 0.484 e. The molecule has 1 N–H and O–H groups in total. The van der Waals surface area contributed by atoms with E-state index in [0.29, 0.717) is 29.8 Å². The molecule has 0 unspecified atom stereocenters. The van der Waals surface area contributed by atoms with E-state index in [4.69, 9.17) is 16.3 Å². The van der Waals surface area contributed by atoms with Crippen LogP contribution in [0, 0.1) is 0 Å². The van der Waals surface area contributed by atoms with Gasteiger partial charge in [-0.15, -0.1) is 0 Å². The maximum atomic E-state index is 11.8. The third-order valence-corrected chi connectivity index (χ3v) is 3.93. The SMILES string of the molecule is O=C(COc1cccc(Cl)c1)NCCn1nc(C2CC2)ccc1=O. The molecule has 0 radical (unpaired) electrons. The Morgan fingerprint density at radius 2 is 2.17 bits per heavy atom. The maximum Gasteiger partial charge on any atom is 0.266 e. The number of benzene rings is 1. The first-order valence-electron chi connectivity index (χ1n) is 7.85. The van der Waals surface area contributed by atoms with Gasteiger partial charge in [-0.05, 0) is 37.1 Å². The lowest BCUT2D eigenvalue weighted by Gasteiger charge is -2.09. The number of nitrogens with zero attached hydrogens (tertiary/aromatic N) is 2. The van der Waals surface area contributed by atoms with Crippen LogP contribution in [0.4, 0.5) is 0 Å². The Hall–Kier alpha value is -2.34. The van der Waals surface area contributed by atoms with Crippen LogP contribution in [0.1, 0.15) is 24.5 Å². The number of carbonyl (C=O) groups is 1. The zero-order valence-corrected chi connectivity index (χ0v) is 13.8. The summed E-state index contributed by atoms with van der Waals surface area (Å²) in [6, 6.07) is 10.2. The third kappa shape index (κ3) is 4.58. The number of ether oxygens (including phenoxy) is 1. The van der Waals surface area contributed by atoms with Crippen LogP contribution < -0.4 is 15.6 Å². The van der Waals surface area contributed by atoms with E-state index in [1.165, 1.54) is 10.7 Å². The molecule has 1 aromatic heterocycles. The summed E-state index contributed by atoms with van der Waals surface area (Å²) < 4.78 is 6.75. The van der Waals surface area contributed by atoms with Crippen LogP contribution in [0.2, 0.25) is 5.02 Å². The average Bonchev–Trinajstić information content (AvgIpc) is 3.40. The minimum absolute atomic E-state index is 0.106. The van der Waals surface area contributed by atoms with Gasteiger partial charge in [0.05, 0.1) is 12.2 Å². The predicted molar refractivity (Wildman–Crippen MR) is 90.4 cm³/mol. The first kappa shape index (κ1) is 16.5. The molecule has 7 heteroatoms. The zero-order valence-electron chi connectivity index (χ0n) is 13.1. The van der Waals surface area contributed by atoms with Crippen molar-refractivity contribution in [3.05, 3.63) is 57.5 Å². The normalized spacial score (nSPS) is 13.5. The number of hydrogen-bond acceptors (Lipinski definition) is 4. The monoisotopic (exact) mass is 347 g/mol. The molecule has 0 spiro atoms. The van der Waals surface area contributed by atoms with Crippen molar-refractivity contribution < 1.29 is 9.53 Å². The van der Waals surface area contributed by atoms with Crippen molar-refractivity contribution in [2.24, 2.45) is 0 Å². The summed E-state index contributed by atoms with van der Waals surface area (Å²) in [5.74, 6) is 0.756. The zero-order chi connectivity index (χ0) is 16.9. The van der Waals surface area contributed by atoms with E-state index >= 15 is 0 Å². The molecule has 0 saturated heterocycles. The highest BCUT2D eigenvalue weighted by Crippen LogP contribution is 2.38. The summed E-state index contributed by atoms with van der Waals surface area (Å²) in [4.78, 5) is 23.6. The lowest BCUT2D eigenvalue weighted by atomic mass is 10.3. The molecule has 1 heterocycles. The van der Waals surface area contributed by atoms with Gasteiger partial charge < -0.3 is 10.1 Å². The van der Waals surface area contributed by atoms with Crippen molar-refractivity contribution in [1.82, 2.24) is 15.1 Å². The lowest BCUT2D eigenvalue weighted by molar-refractivity contribution is -0.123. The molecule has 24 heavy (non-hydrogen) atoms. The Bertz CT molecular complexity index is 787. The van der Waals surface area contributed by atoms with E-state index in [-0.39, 0.29) is 18.1 Å². The summed E-state index contributed by atoms with van der Waals surface area (Å²) >= 11 is 5.85. The molecular formula is C17H18ClN3O3. The lowest BCUT2D eigenvalue weighted by Crippen LogP contribution is -2.34. The Kier molecular flexibility index (Phi) is 5.15. The van der Waals surface area contributed by atoms with Gasteiger partial charge in [0.15, 0.2) is 6.61 Å². The van der Waals surface area contributed by atoms with Crippen molar-refractivity contribution in [2.45, 2.75) is 25.3 Å². The molecule has 6 nitrogen and oxygen atoms in total. The smallest absolute Gasteiger partial charge is 0.266 e. The molecule has 1 aliphatic carbocycles. The van der Waals surface area contributed by atoms with Gasteiger partial charge in [-0.2, -0.15) is 5.10 Å². The third-order valence-electron chi connectivity index (χ3n) is 3.69. The van der Waals surface area contributed by atoms with Crippen LogP contribution in [0.15, 0.2) is 41.2 Å². The van der Waals surface area contributed by atoms with Gasteiger partial charge in [0.1, 0.15) is 5.75 Å². The van der Waals surface area contributed by atoms with Gasteiger partial charge in [0.25, 0.3) is 11.5 Å². The van der Waals surface area contributed by atoms with Crippen LogP contribution in [-0.2, 0) is 11.3 Å². The summed E-state index contributed by atoms with van der Waals surface area (Å²) in [5, 5.41) is 7.60. The molecule has 0 bridgehead atoms. The summed E-state index contributed by atoms with van der Waals surface area (Å²) in [7, 11) is 0. The minimum atomic E-state index is -0.263. The standard InChI is InChI=1S/C17H18ClN3O3/c18-13-2-1-3-14(10-13)24-11-16(22)19-8-9-21-17(23)7-6-15(20-21)12-4-5-12/h1-3,6-7,10,12H,4-5,8-9,11H2,(H,19,22). The van der Waals surface area contributed by atoms with E-state index in [1.54, 1.807) is 30.3 Å². The first-order chi connectivity index (χ1) is 11.6. The van der Waals surface area contributed by atoms with Crippen LogP contribution in [-0.4, -0.2) is 28.8 Å². The van der Waals surface area contributed by atoms with E-state index in [0.717, 1.165) is 18.5 Å². The molecule has 1 aliphatic rings. The number of nitrogens with one attached hydrogen (secondary N) is 1. The molecule has 2 aromatic rings. The van der Waals surface area contributed by atoms with Gasteiger partial charge in [0.2, 0.25) is 0 Å². The van der Waals surface area contributed by atoms with Crippen molar-refractivity contribution in [2.75, 3.05) is 13.2 Å². The highest BCUT2D eigenvalue weighted by atomic mass is 35.5. The second-order valence-corrected chi connectivity index (χ2v) is 6.13. The number of aromatic nitrogens is 2. The Morgan fingerprint density at radius 3 is 2.92 bits per heavy atom. The van der Waals surface area contributed by atoms with Crippen LogP contribution >= 0.6 is 11.6 Å². The fourth-order valence-corrected chi connectivity index (χ4v) is 2.46. The molecule has 0 atom stereocenters. The summed E-state index contributed by atoms with van der Waals surface area (Å²) in [6.45, 7) is 0.547. The van der Waals surface area contributed by atoms with Crippen molar-refractivity contribution in [1.29, 1.82) is 0 Å². The van der Waals surface area contributed by atoms with E-state index in [1.807, 2.05) is 0 Å². The van der Waals surface area contributed by atoms with Crippen molar-refractivity contribution in [3.8, 4) is 5.75 Å². The van der Waals surface area contributed by atoms with Gasteiger partial charge in [0, 0.05) is 23.6 Å². The first-order valence-corrected chi connectivity index (χ1v) is 8.23. The van der Waals surface area contributed by atoms with E-state index in [2.05, 4.69) is 10.4 Å². The number of amides is 1. The average molecular weight is 348 g/mol. The molecule has 1 amide bonds. The fraction of sp³-hybridized carbons (Fsp3) is 0.353. The number of halogens is 1. The Morgan fingerprint density at radius 1 is 1.33 bits per heavy atom. The summed E-state index contributed by atoms with van der Waals surface area (Å²) in [6.07, 6.45) is 2.26. The van der Waals surface area contributed by atoms with E-state index < -0.39 is 0 Å². The quantitative estimate of drug-likeness (QED) is 0.831. The maximum absolute atomic E-state index is 11.8. The van der Waals surface area contributed by atoms with Gasteiger partial charge in [-0.25, -0.2) is 4.68 Å². The van der Waals surface area contributed by atoms with Crippen LogP contribution in [0.5, 0.6) is 5.75 Å². The topological polar surface area (TPSA) is 73.2 Å². The molecule has 3 rings (SSSR count). The highest BCUT2D eigenvalue weighted by molar-refractivity contribution is 6.30. The molecule has 0 aliphatic heterocycles. The number of rotatable bonds is 7. The van der Waals surface area contributed by atoms with Gasteiger partial charge in [-0.1, -0.05) is 17.7 Å². The number of hydrogen-bond donors (Lipinski definition) is 1. The second kappa shape index (κ2) is 7.49. The number of carbonyl (C=O) groups excluding carboxylic acids is 1. The molecule has 1 saturated carbocycles. The molecular weight excluding hydrogens is 330 g/mol. The van der Waals surface area contributed by atoms with E-state index in [9.17, 15) is 9.59 Å². The van der Waals surface area contributed by atoms with Crippen LogP contribution in [0.25, 0.3) is 0 Å². The van der Waals surface area contributed by atoms with Crippen molar-refractivity contribution >= 4 is 17.5 Å². The summed E-state index contributed by atoms with van der Waals surface area (Å²) in [5.41, 5.74) is 0.786.